The van der Waals surface area contributed by atoms with E-state index in [0.29, 0.717) is 4.88 Å². The summed E-state index contributed by atoms with van der Waals surface area (Å²) in [6.07, 6.45) is 1.80. The Morgan fingerprint density at radius 2 is 2.20 bits per heavy atom. The van der Waals surface area contributed by atoms with E-state index in [1.54, 1.807) is 12.3 Å². The molecule has 2 rings (SSSR count). The molecule has 3 N–H and O–H groups in total. The van der Waals surface area contributed by atoms with Crippen LogP contribution in [0.5, 0.6) is 0 Å². The third-order valence-corrected chi connectivity index (χ3v) is 4.02. The normalized spacial score (nSPS) is 10.8. The summed E-state index contributed by atoms with van der Waals surface area (Å²) < 4.78 is 0. The first-order chi connectivity index (χ1) is 9.72. The van der Waals surface area contributed by atoms with Gasteiger partial charge in [0.25, 0.3) is 5.91 Å². The van der Waals surface area contributed by atoms with Gasteiger partial charge in [-0.1, -0.05) is 13.0 Å². The molecule has 0 aromatic carbocycles. The first-order valence-electron chi connectivity index (χ1n) is 6.45. The van der Waals surface area contributed by atoms with Gasteiger partial charge in [0.15, 0.2) is 0 Å². The number of pyridine rings is 1. The van der Waals surface area contributed by atoms with Crippen molar-refractivity contribution in [2.45, 2.75) is 20.0 Å². The zero-order chi connectivity index (χ0) is 14.4. The van der Waals surface area contributed by atoms with E-state index in [1.807, 2.05) is 24.3 Å². The fraction of sp³-hybridized carbons (Fsp3) is 0.286. The number of nitrogens with zero attached hydrogens (tertiary/aromatic N) is 2. The monoisotopic (exact) mass is 290 g/mol. The van der Waals surface area contributed by atoms with Gasteiger partial charge in [-0.3, -0.25) is 20.1 Å². The van der Waals surface area contributed by atoms with Gasteiger partial charge in [0.05, 0.1) is 10.6 Å². The summed E-state index contributed by atoms with van der Waals surface area (Å²) >= 11 is 1.47. The molecule has 106 valence electrons. The van der Waals surface area contributed by atoms with Crippen molar-refractivity contribution >= 4 is 17.2 Å². The summed E-state index contributed by atoms with van der Waals surface area (Å²) in [6, 6.07) is 9.69. The average Bonchev–Trinajstić information content (AvgIpc) is 2.95. The van der Waals surface area contributed by atoms with Gasteiger partial charge in [-0.05, 0) is 30.8 Å². The highest BCUT2D eigenvalue weighted by atomic mass is 32.1. The van der Waals surface area contributed by atoms with Crippen LogP contribution in [-0.2, 0) is 13.1 Å². The van der Waals surface area contributed by atoms with E-state index >= 15 is 0 Å². The highest BCUT2D eigenvalue weighted by Crippen LogP contribution is 2.19. The number of thiophene rings is 1. The number of nitrogens with two attached hydrogens (primary N) is 1. The Kier molecular flexibility index (Phi) is 5.23. The summed E-state index contributed by atoms with van der Waals surface area (Å²) in [5, 5.41) is 0. The van der Waals surface area contributed by atoms with E-state index in [1.165, 1.54) is 11.3 Å². The molecule has 0 fully saturated rings. The number of carbonyl (C=O) groups excluding carboxylic acids is 1. The smallest absolute Gasteiger partial charge is 0.275 e. The quantitative estimate of drug-likeness (QED) is 0.483. The Morgan fingerprint density at radius 1 is 1.35 bits per heavy atom. The Labute approximate surface area is 122 Å². The molecule has 2 aromatic rings. The molecule has 0 spiro atoms. The lowest BCUT2D eigenvalue weighted by Crippen LogP contribution is -2.29. The van der Waals surface area contributed by atoms with Gasteiger partial charge >= 0.3 is 0 Å². The maximum atomic E-state index is 11.4. The van der Waals surface area contributed by atoms with Crippen LogP contribution in [-0.4, -0.2) is 22.3 Å². The van der Waals surface area contributed by atoms with Crippen molar-refractivity contribution in [1.82, 2.24) is 15.3 Å². The lowest BCUT2D eigenvalue weighted by molar-refractivity contribution is 0.0957. The molecule has 20 heavy (non-hydrogen) atoms. The molecule has 2 heterocycles. The highest BCUT2D eigenvalue weighted by Gasteiger charge is 2.11. The summed E-state index contributed by atoms with van der Waals surface area (Å²) in [4.78, 5) is 19.8. The van der Waals surface area contributed by atoms with Gasteiger partial charge in [0.1, 0.15) is 0 Å². The Morgan fingerprint density at radius 3 is 2.85 bits per heavy atom. The van der Waals surface area contributed by atoms with Crippen LogP contribution in [0.2, 0.25) is 0 Å². The van der Waals surface area contributed by atoms with Crippen molar-refractivity contribution in [1.29, 1.82) is 0 Å². The molecular weight excluding hydrogens is 272 g/mol. The number of hydrogen-bond acceptors (Lipinski definition) is 5. The number of nitrogen functional groups attached to an aromatic ring is 1. The molecule has 0 saturated carbocycles. The van der Waals surface area contributed by atoms with E-state index in [9.17, 15) is 4.79 Å². The molecule has 0 aliphatic carbocycles. The Bertz CT molecular complexity index is 555. The van der Waals surface area contributed by atoms with Crippen LogP contribution < -0.4 is 11.3 Å². The minimum absolute atomic E-state index is 0.242. The summed E-state index contributed by atoms with van der Waals surface area (Å²) in [7, 11) is 0. The van der Waals surface area contributed by atoms with Gasteiger partial charge < -0.3 is 0 Å². The van der Waals surface area contributed by atoms with Gasteiger partial charge in [-0.15, -0.1) is 11.3 Å². The van der Waals surface area contributed by atoms with Gasteiger partial charge in [-0.2, -0.15) is 0 Å². The van der Waals surface area contributed by atoms with Crippen LogP contribution >= 0.6 is 11.3 Å². The molecule has 6 heteroatoms. The average molecular weight is 290 g/mol. The van der Waals surface area contributed by atoms with Crippen LogP contribution in [0.3, 0.4) is 0 Å². The number of aromatic nitrogens is 1. The van der Waals surface area contributed by atoms with Gasteiger partial charge in [-0.25, -0.2) is 5.84 Å². The predicted octanol–water partition coefficient (Wildman–Crippen LogP) is 1.77. The van der Waals surface area contributed by atoms with Crippen LogP contribution in [0.25, 0.3) is 0 Å². The van der Waals surface area contributed by atoms with Crippen LogP contribution in [0.1, 0.15) is 27.2 Å². The third-order valence-electron chi connectivity index (χ3n) is 2.95. The SMILES string of the molecule is CCN(Cc1ccccn1)Cc1ccc(C(=O)NN)s1. The summed E-state index contributed by atoms with van der Waals surface area (Å²) in [5.74, 6) is 4.89. The molecule has 0 radical (unpaired) electrons. The highest BCUT2D eigenvalue weighted by molar-refractivity contribution is 7.14. The standard InChI is InChI=1S/C14H18N4OS/c1-2-18(9-11-5-3-4-8-16-11)10-12-6-7-13(20-12)14(19)17-15/h3-8H,2,9-10,15H2,1H3,(H,17,19). The maximum absolute atomic E-state index is 11.4. The number of rotatable bonds is 6. The Hall–Kier alpha value is -1.76. The summed E-state index contributed by atoms with van der Waals surface area (Å²) in [6.45, 7) is 4.64. The molecule has 0 unspecified atom stereocenters. The third kappa shape index (κ3) is 3.86. The molecule has 0 aliphatic rings. The first kappa shape index (κ1) is 14.6. The number of amides is 1. The zero-order valence-electron chi connectivity index (χ0n) is 11.4. The van der Waals surface area contributed by atoms with E-state index < -0.39 is 0 Å². The van der Waals surface area contributed by atoms with Crippen molar-refractivity contribution in [3.8, 4) is 0 Å². The fourth-order valence-corrected chi connectivity index (χ4v) is 2.83. The largest absolute Gasteiger partial charge is 0.293 e. The second kappa shape index (κ2) is 7.14. The molecule has 1 amide bonds. The number of carbonyl (C=O) groups is 1. The fourth-order valence-electron chi connectivity index (χ4n) is 1.88. The summed E-state index contributed by atoms with van der Waals surface area (Å²) in [5.41, 5.74) is 3.20. The topological polar surface area (TPSA) is 71.2 Å². The van der Waals surface area contributed by atoms with E-state index in [-0.39, 0.29) is 5.91 Å². The molecule has 0 saturated heterocycles. The lowest BCUT2D eigenvalue weighted by atomic mass is 10.3. The number of hydrogen-bond donors (Lipinski definition) is 2. The van der Waals surface area contributed by atoms with E-state index in [0.717, 1.165) is 30.2 Å². The number of hydrazine groups is 1. The molecular formula is C14H18N4OS. The molecule has 0 atom stereocenters. The van der Waals surface area contributed by atoms with Gasteiger partial charge in [0, 0.05) is 24.2 Å². The van der Waals surface area contributed by atoms with Crippen molar-refractivity contribution < 1.29 is 4.79 Å². The van der Waals surface area contributed by atoms with E-state index in [2.05, 4.69) is 22.2 Å². The van der Waals surface area contributed by atoms with Crippen molar-refractivity contribution in [2.75, 3.05) is 6.54 Å². The number of nitrogens with one attached hydrogen (secondary N) is 1. The van der Waals surface area contributed by atoms with E-state index in [4.69, 9.17) is 5.84 Å². The first-order valence-corrected chi connectivity index (χ1v) is 7.26. The van der Waals surface area contributed by atoms with Crippen molar-refractivity contribution in [3.63, 3.8) is 0 Å². The maximum Gasteiger partial charge on any atom is 0.275 e. The van der Waals surface area contributed by atoms with Gasteiger partial charge in [0.2, 0.25) is 0 Å². The minimum atomic E-state index is -0.242. The molecule has 0 bridgehead atoms. The minimum Gasteiger partial charge on any atom is -0.293 e. The lowest BCUT2D eigenvalue weighted by Gasteiger charge is -2.18. The van der Waals surface area contributed by atoms with Crippen molar-refractivity contribution in [3.05, 3.63) is 52.0 Å². The second-order valence-corrected chi connectivity index (χ2v) is 5.53. The van der Waals surface area contributed by atoms with Crippen LogP contribution in [0, 0.1) is 0 Å². The molecule has 5 nitrogen and oxygen atoms in total. The Balaban J connectivity index is 1.99. The van der Waals surface area contributed by atoms with Crippen LogP contribution in [0.4, 0.5) is 0 Å². The molecule has 0 aliphatic heterocycles. The molecule has 2 aromatic heterocycles. The zero-order valence-corrected chi connectivity index (χ0v) is 12.2. The van der Waals surface area contributed by atoms with Crippen LogP contribution in [0.15, 0.2) is 36.5 Å². The van der Waals surface area contributed by atoms with Crippen molar-refractivity contribution in [2.24, 2.45) is 5.84 Å². The predicted molar refractivity (Wildman–Crippen MR) is 80.0 cm³/mol. The second-order valence-electron chi connectivity index (χ2n) is 4.36.